The number of imidazole rings is 1. The highest BCUT2D eigenvalue weighted by Gasteiger charge is 2.15. The standard InChI is InChI=1S/C11H10BrClN2O2S/c1-8-14-11(18(13,16)17)7-15(8)6-9-2-4-10(12)5-3-9/h2-5,7H,6H2,1H3. The second-order valence-corrected chi connectivity index (χ2v) is 7.25. The predicted molar refractivity (Wildman–Crippen MR) is 73.2 cm³/mol. The first kappa shape index (κ1) is 13.6. The summed E-state index contributed by atoms with van der Waals surface area (Å²) in [6, 6.07) is 7.78. The lowest BCUT2D eigenvalue weighted by Gasteiger charge is -2.04. The van der Waals surface area contributed by atoms with Gasteiger partial charge in [-0.2, -0.15) is 0 Å². The molecule has 2 aromatic rings. The Morgan fingerprint density at radius 1 is 1.33 bits per heavy atom. The summed E-state index contributed by atoms with van der Waals surface area (Å²) >= 11 is 3.36. The number of halogens is 2. The minimum atomic E-state index is -3.77. The number of benzene rings is 1. The fraction of sp³-hybridized carbons (Fsp3) is 0.182. The summed E-state index contributed by atoms with van der Waals surface area (Å²) in [5.41, 5.74) is 1.05. The van der Waals surface area contributed by atoms with Crippen molar-refractivity contribution in [3.05, 3.63) is 46.3 Å². The molecule has 1 aromatic heterocycles. The average molecular weight is 350 g/mol. The van der Waals surface area contributed by atoms with Gasteiger partial charge < -0.3 is 4.57 Å². The fourth-order valence-corrected chi connectivity index (χ4v) is 2.52. The van der Waals surface area contributed by atoms with Gasteiger partial charge in [-0.15, -0.1) is 0 Å². The van der Waals surface area contributed by atoms with E-state index in [0.717, 1.165) is 10.0 Å². The lowest BCUT2D eigenvalue weighted by molar-refractivity contribution is 0.606. The Morgan fingerprint density at radius 2 is 1.94 bits per heavy atom. The van der Waals surface area contributed by atoms with E-state index in [9.17, 15) is 8.42 Å². The second-order valence-electron chi connectivity index (χ2n) is 3.82. The third kappa shape index (κ3) is 3.13. The second kappa shape index (κ2) is 5.03. The molecule has 18 heavy (non-hydrogen) atoms. The molecule has 0 radical (unpaired) electrons. The van der Waals surface area contributed by atoms with Crippen LogP contribution < -0.4 is 0 Å². The van der Waals surface area contributed by atoms with Crippen LogP contribution in [0.25, 0.3) is 0 Å². The maximum atomic E-state index is 11.2. The lowest BCUT2D eigenvalue weighted by Crippen LogP contribution is -2.00. The smallest absolute Gasteiger partial charge is 0.280 e. The van der Waals surface area contributed by atoms with Crippen molar-refractivity contribution in [1.29, 1.82) is 0 Å². The van der Waals surface area contributed by atoms with Gasteiger partial charge in [0, 0.05) is 27.9 Å². The van der Waals surface area contributed by atoms with E-state index in [1.807, 2.05) is 24.3 Å². The van der Waals surface area contributed by atoms with Crippen molar-refractivity contribution in [1.82, 2.24) is 9.55 Å². The van der Waals surface area contributed by atoms with Crippen LogP contribution in [0.5, 0.6) is 0 Å². The molecule has 0 unspecified atom stereocenters. The minimum Gasteiger partial charge on any atom is -0.329 e. The van der Waals surface area contributed by atoms with Gasteiger partial charge in [0.05, 0.1) is 0 Å². The molecular weight excluding hydrogens is 340 g/mol. The molecule has 0 aliphatic carbocycles. The number of rotatable bonds is 3. The van der Waals surface area contributed by atoms with Crippen LogP contribution in [0.3, 0.4) is 0 Å². The van der Waals surface area contributed by atoms with Crippen LogP contribution in [0.1, 0.15) is 11.4 Å². The van der Waals surface area contributed by atoms with Gasteiger partial charge in [0.25, 0.3) is 9.05 Å². The Labute approximate surface area is 118 Å². The monoisotopic (exact) mass is 348 g/mol. The average Bonchev–Trinajstić information content (AvgIpc) is 2.63. The summed E-state index contributed by atoms with van der Waals surface area (Å²) in [5.74, 6) is 0.608. The highest BCUT2D eigenvalue weighted by Crippen LogP contribution is 2.16. The molecule has 4 nitrogen and oxygen atoms in total. The first-order valence-electron chi connectivity index (χ1n) is 5.09. The normalized spacial score (nSPS) is 11.7. The van der Waals surface area contributed by atoms with Crippen LogP contribution in [0.4, 0.5) is 0 Å². The molecule has 2 rings (SSSR count). The molecule has 1 heterocycles. The van der Waals surface area contributed by atoms with Gasteiger partial charge in [0.15, 0.2) is 5.03 Å². The number of hydrogen-bond donors (Lipinski definition) is 0. The van der Waals surface area contributed by atoms with Crippen LogP contribution in [-0.4, -0.2) is 18.0 Å². The number of aromatic nitrogens is 2. The lowest BCUT2D eigenvalue weighted by atomic mass is 10.2. The summed E-state index contributed by atoms with van der Waals surface area (Å²) in [7, 11) is 1.49. The Balaban J connectivity index is 2.30. The molecule has 96 valence electrons. The van der Waals surface area contributed by atoms with E-state index >= 15 is 0 Å². The predicted octanol–water partition coefficient (Wildman–Crippen LogP) is 2.93. The number of aryl methyl sites for hydroxylation is 1. The number of hydrogen-bond acceptors (Lipinski definition) is 3. The molecule has 7 heteroatoms. The van der Waals surface area contributed by atoms with Gasteiger partial charge in [-0.1, -0.05) is 28.1 Å². The largest absolute Gasteiger partial charge is 0.329 e. The Morgan fingerprint density at radius 3 is 2.44 bits per heavy atom. The van der Waals surface area contributed by atoms with E-state index in [-0.39, 0.29) is 5.03 Å². The summed E-state index contributed by atoms with van der Waals surface area (Å²) in [6.45, 7) is 2.29. The van der Waals surface area contributed by atoms with E-state index in [1.54, 1.807) is 11.5 Å². The van der Waals surface area contributed by atoms with Gasteiger partial charge in [0.2, 0.25) is 0 Å². The van der Waals surface area contributed by atoms with E-state index in [4.69, 9.17) is 10.7 Å². The minimum absolute atomic E-state index is 0.112. The molecule has 0 amide bonds. The molecule has 0 atom stereocenters. The fourth-order valence-electron chi connectivity index (χ4n) is 1.54. The molecule has 0 aliphatic heterocycles. The summed E-state index contributed by atoms with van der Waals surface area (Å²) in [5, 5.41) is -0.112. The van der Waals surface area contributed by atoms with E-state index in [0.29, 0.717) is 12.4 Å². The maximum Gasteiger partial charge on any atom is 0.280 e. The van der Waals surface area contributed by atoms with E-state index in [1.165, 1.54) is 6.20 Å². The van der Waals surface area contributed by atoms with Crippen molar-refractivity contribution in [2.75, 3.05) is 0 Å². The topological polar surface area (TPSA) is 52.0 Å². The van der Waals surface area contributed by atoms with Crippen LogP contribution >= 0.6 is 26.6 Å². The zero-order valence-corrected chi connectivity index (χ0v) is 12.6. The van der Waals surface area contributed by atoms with Crippen molar-refractivity contribution in [2.24, 2.45) is 0 Å². The van der Waals surface area contributed by atoms with E-state index in [2.05, 4.69) is 20.9 Å². The summed E-state index contributed by atoms with van der Waals surface area (Å²) in [4.78, 5) is 3.93. The molecule has 0 fully saturated rings. The molecule has 0 N–H and O–H groups in total. The molecule has 1 aromatic carbocycles. The summed E-state index contributed by atoms with van der Waals surface area (Å²) < 4.78 is 25.1. The van der Waals surface area contributed by atoms with Crippen molar-refractivity contribution >= 4 is 35.7 Å². The van der Waals surface area contributed by atoms with Gasteiger partial charge in [-0.3, -0.25) is 0 Å². The van der Waals surface area contributed by atoms with Crippen molar-refractivity contribution in [2.45, 2.75) is 18.5 Å². The molecule has 0 saturated carbocycles. The Kier molecular flexibility index (Phi) is 3.79. The zero-order chi connectivity index (χ0) is 13.3. The molecule has 0 aliphatic rings. The Bertz CT molecular complexity index is 665. The van der Waals surface area contributed by atoms with Gasteiger partial charge in [0.1, 0.15) is 5.82 Å². The first-order chi connectivity index (χ1) is 8.36. The zero-order valence-electron chi connectivity index (χ0n) is 9.47. The van der Waals surface area contributed by atoms with Crippen LogP contribution in [-0.2, 0) is 15.6 Å². The molecular formula is C11H10BrClN2O2S. The van der Waals surface area contributed by atoms with Gasteiger partial charge in [-0.25, -0.2) is 13.4 Å². The molecule has 0 spiro atoms. The molecule has 0 saturated heterocycles. The van der Waals surface area contributed by atoms with Crippen molar-refractivity contribution in [3.63, 3.8) is 0 Å². The first-order valence-corrected chi connectivity index (χ1v) is 8.19. The third-order valence-electron chi connectivity index (χ3n) is 2.47. The quantitative estimate of drug-likeness (QED) is 0.801. The highest BCUT2D eigenvalue weighted by molar-refractivity contribution is 9.10. The maximum absolute atomic E-state index is 11.2. The van der Waals surface area contributed by atoms with Gasteiger partial charge >= 0.3 is 0 Å². The van der Waals surface area contributed by atoms with Gasteiger partial charge in [-0.05, 0) is 24.6 Å². The van der Waals surface area contributed by atoms with Crippen LogP contribution in [0.2, 0.25) is 0 Å². The highest BCUT2D eigenvalue weighted by atomic mass is 79.9. The summed E-state index contributed by atoms with van der Waals surface area (Å²) in [6.07, 6.45) is 1.44. The third-order valence-corrected chi connectivity index (χ3v) is 4.17. The Hall–Kier alpha value is -0.850. The van der Waals surface area contributed by atoms with Crippen LogP contribution in [0, 0.1) is 6.92 Å². The number of nitrogens with zero attached hydrogens (tertiary/aromatic N) is 2. The van der Waals surface area contributed by atoms with Crippen molar-refractivity contribution in [3.8, 4) is 0 Å². The van der Waals surface area contributed by atoms with E-state index < -0.39 is 9.05 Å². The van der Waals surface area contributed by atoms with Crippen LogP contribution in [0.15, 0.2) is 40.0 Å². The molecule has 0 bridgehead atoms. The van der Waals surface area contributed by atoms with Crippen molar-refractivity contribution < 1.29 is 8.42 Å². The SMILES string of the molecule is Cc1nc(S(=O)(=O)Cl)cn1Cc1ccc(Br)cc1.